The van der Waals surface area contributed by atoms with Crippen LogP contribution < -0.4 is 15.9 Å². The second-order valence-corrected chi connectivity index (χ2v) is 10.9. The van der Waals surface area contributed by atoms with Gasteiger partial charge in [-0.25, -0.2) is 0 Å². The molecular formula is C28H21N2OP. The van der Waals surface area contributed by atoms with Crippen LogP contribution in [0.25, 0.3) is 33.5 Å². The number of aromatic amines is 1. The van der Waals surface area contributed by atoms with Crippen molar-refractivity contribution >= 4 is 23.1 Å². The molecule has 0 amide bonds. The molecule has 5 aromatic rings. The number of nitrogens with zero attached hydrogens (tertiary/aromatic N) is 1. The molecule has 154 valence electrons. The summed E-state index contributed by atoms with van der Waals surface area (Å²) < 4.78 is 14.7. The molecule has 1 aromatic heterocycles. The normalized spacial score (nSPS) is 16.5. The van der Waals surface area contributed by atoms with Gasteiger partial charge in [-0.1, -0.05) is 91.0 Å². The molecule has 4 heteroatoms. The summed E-state index contributed by atoms with van der Waals surface area (Å²) in [7, 11) is -2.92. The Morgan fingerprint density at radius 1 is 0.656 bits per heavy atom. The van der Waals surface area contributed by atoms with Crippen LogP contribution in [0.3, 0.4) is 0 Å². The Bertz CT molecular complexity index is 1500. The lowest BCUT2D eigenvalue weighted by molar-refractivity contribution is 0.593. The SMILES string of the molecule is Cc1cc(-c2ccc(-c3ccc4c(c3)P(=O)(c3ccccc3)c3ccccc3-4)cc2)n[nH]1. The molecular weight excluding hydrogens is 411 g/mol. The van der Waals surface area contributed by atoms with Crippen molar-refractivity contribution in [1.82, 2.24) is 10.2 Å². The zero-order chi connectivity index (χ0) is 21.7. The maximum Gasteiger partial charge on any atom is 0.172 e. The quantitative estimate of drug-likeness (QED) is 0.366. The predicted octanol–water partition coefficient (Wildman–Crippen LogP) is 5.67. The number of H-pyrrole nitrogens is 1. The molecule has 1 aliphatic heterocycles. The molecule has 0 bridgehead atoms. The highest BCUT2D eigenvalue weighted by Crippen LogP contribution is 2.52. The first-order chi connectivity index (χ1) is 15.6. The zero-order valence-electron chi connectivity index (χ0n) is 17.6. The fourth-order valence-electron chi connectivity index (χ4n) is 4.62. The number of rotatable bonds is 3. The van der Waals surface area contributed by atoms with E-state index in [1.807, 2.05) is 61.5 Å². The largest absolute Gasteiger partial charge is 0.309 e. The minimum atomic E-state index is -2.92. The van der Waals surface area contributed by atoms with Crippen molar-refractivity contribution in [2.75, 3.05) is 0 Å². The summed E-state index contributed by atoms with van der Waals surface area (Å²) in [5.41, 5.74) is 7.36. The molecule has 6 rings (SSSR count). The van der Waals surface area contributed by atoms with Gasteiger partial charge in [0.25, 0.3) is 0 Å². The van der Waals surface area contributed by atoms with Gasteiger partial charge in [-0.15, -0.1) is 0 Å². The van der Waals surface area contributed by atoms with E-state index >= 15 is 0 Å². The van der Waals surface area contributed by atoms with E-state index in [-0.39, 0.29) is 0 Å². The van der Waals surface area contributed by atoms with E-state index in [1.165, 1.54) is 0 Å². The highest BCUT2D eigenvalue weighted by molar-refractivity contribution is 7.86. The Morgan fingerprint density at radius 3 is 2.06 bits per heavy atom. The number of fused-ring (bicyclic) bond motifs is 3. The van der Waals surface area contributed by atoms with E-state index in [2.05, 4.69) is 58.7 Å². The van der Waals surface area contributed by atoms with Crippen molar-refractivity contribution in [3.8, 4) is 33.5 Å². The molecule has 2 heterocycles. The van der Waals surface area contributed by atoms with Crippen LogP contribution in [0.5, 0.6) is 0 Å². The van der Waals surface area contributed by atoms with Crippen LogP contribution >= 0.6 is 7.14 Å². The third kappa shape index (κ3) is 2.82. The van der Waals surface area contributed by atoms with E-state index in [0.29, 0.717) is 0 Å². The molecule has 0 saturated carbocycles. The first-order valence-corrected chi connectivity index (χ1v) is 12.4. The molecule has 3 nitrogen and oxygen atoms in total. The van der Waals surface area contributed by atoms with Gasteiger partial charge in [-0.2, -0.15) is 5.10 Å². The Labute approximate surface area is 187 Å². The molecule has 1 unspecified atom stereocenters. The lowest BCUT2D eigenvalue weighted by atomic mass is 9.99. The fourth-order valence-corrected chi connectivity index (χ4v) is 7.71. The van der Waals surface area contributed by atoms with Gasteiger partial charge in [0.1, 0.15) is 0 Å². The van der Waals surface area contributed by atoms with Crippen molar-refractivity contribution in [2.24, 2.45) is 0 Å². The lowest BCUT2D eigenvalue weighted by Crippen LogP contribution is -2.20. The Hall–Kier alpha value is -3.68. The Balaban J connectivity index is 1.49. The van der Waals surface area contributed by atoms with Crippen LogP contribution in [0.15, 0.2) is 103 Å². The van der Waals surface area contributed by atoms with Gasteiger partial charge in [0, 0.05) is 27.2 Å². The second-order valence-electron chi connectivity index (χ2n) is 8.21. The molecule has 1 N–H and O–H groups in total. The number of hydrogen-bond acceptors (Lipinski definition) is 2. The maximum atomic E-state index is 14.7. The van der Waals surface area contributed by atoms with Crippen LogP contribution in [-0.2, 0) is 4.57 Å². The van der Waals surface area contributed by atoms with Crippen LogP contribution in [0.4, 0.5) is 0 Å². The minimum Gasteiger partial charge on any atom is -0.309 e. The summed E-state index contributed by atoms with van der Waals surface area (Å²) in [5, 5.41) is 10.1. The first-order valence-electron chi connectivity index (χ1n) is 10.7. The average Bonchev–Trinajstić information content (AvgIpc) is 3.40. The van der Waals surface area contributed by atoms with Crippen molar-refractivity contribution in [3.63, 3.8) is 0 Å². The number of benzene rings is 4. The van der Waals surface area contributed by atoms with Crippen LogP contribution in [0.1, 0.15) is 5.69 Å². The summed E-state index contributed by atoms with van der Waals surface area (Å²) >= 11 is 0. The Kier molecular flexibility index (Phi) is 4.28. The summed E-state index contributed by atoms with van der Waals surface area (Å²) in [6.45, 7) is 2.00. The van der Waals surface area contributed by atoms with E-state index in [9.17, 15) is 4.57 Å². The third-order valence-electron chi connectivity index (χ3n) is 6.21. The lowest BCUT2D eigenvalue weighted by Gasteiger charge is -2.16. The summed E-state index contributed by atoms with van der Waals surface area (Å²) in [6.07, 6.45) is 0. The fraction of sp³-hybridized carbons (Fsp3) is 0.0357. The highest BCUT2D eigenvalue weighted by atomic mass is 31.2. The molecule has 0 radical (unpaired) electrons. The first kappa shape index (κ1) is 19.0. The van der Waals surface area contributed by atoms with Gasteiger partial charge < -0.3 is 4.57 Å². The smallest absolute Gasteiger partial charge is 0.172 e. The standard InChI is InChI=1S/C28H21N2OP/c1-19-17-26(30-29-19)21-13-11-20(12-14-21)22-15-16-25-24-9-5-6-10-27(24)32(31,28(25)18-22)23-7-3-2-4-8-23/h2-18H,1H3,(H,29,30). The van der Waals surface area contributed by atoms with Crippen LogP contribution in [0.2, 0.25) is 0 Å². The highest BCUT2D eigenvalue weighted by Gasteiger charge is 2.40. The van der Waals surface area contributed by atoms with Crippen molar-refractivity contribution < 1.29 is 4.57 Å². The minimum absolute atomic E-state index is 0.882. The molecule has 0 spiro atoms. The maximum absolute atomic E-state index is 14.7. The molecule has 32 heavy (non-hydrogen) atoms. The molecule has 1 aliphatic rings. The van der Waals surface area contributed by atoms with Crippen molar-refractivity contribution in [3.05, 3.63) is 109 Å². The topological polar surface area (TPSA) is 45.8 Å². The van der Waals surface area contributed by atoms with Crippen LogP contribution in [0, 0.1) is 6.92 Å². The number of hydrogen-bond donors (Lipinski definition) is 1. The zero-order valence-corrected chi connectivity index (χ0v) is 18.5. The van der Waals surface area contributed by atoms with Gasteiger partial charge >= 0.3 is 0 Å². The number of nitrogens with one attached hydrogen (secondary N) is 1. The predicted molar refractivity (Wildman–Crippen MR) is 133 cm³/mol. The number of aromatic nitrogens is 2. The van der Waals surface area contributed by atoms with Gasteiger partial charge in [-0.05, 0) is 41.3 Å². The average molecular weight is 432 g/mol. The summed E-state index contributed by atoms with van der Waals surface area (Å²) in [4.78, 5) is 0. The molecule has 0 fully saturated rings. The molecule has 1 atom stereocenters. The van der Waals surface area contributed by atoms with Gasteiger partial charge in [0.15, 0.2) is 7.14 Å². The molecule has 0 saturated heterocycles. The van der Waals surface area contributed by atoms with E-state index in [1.54, 1.807) is 0 Å². The van der Waals surface area contributed by atoms with E-state index in [4.69, 9.17) is 0 Å². The molecule has 0 aliphatic carbocycles. The summed E-state index contributed by atoms with van der Waals surface area (Å²) in [6, 6.07) is 34.8. The van der Waals surface area contributed by atoms with Crippen molar-refractivity contribution in [1.29, 1.82) is 0 Å². The Morgan fingerprint density at radius 2 is 1.31 bits per heavy atom. The van der Waals surface area contributed by atoms with Gasteiger partial charge in [0.05, 0.1) is 5.69 Å². The number of aryl methyl sites for hydroxylation is 1. The van der Waals surface area contributed by atoms with Crippen molar-refractivity contribution in [2.45, 2.75) is 6.92 Å². The monoisotopic (exact) mass is 432 g/mol. The second kappa shape index (κ2) is 7.19. The molecule has 4 aromatic carbocycles. The van der Waals surface area contributed by atoms with Gasteiger partial charge in [-0.3, -0.25) is 5.10 Å². The van der Waals surface area contributed by atoms with Gasteiger partial charge in [0.2, 0.25) is 0 Å². The summed E-state index contributed by atoms with van der Waals surface area (Å²) in [5.74, 6) is 0. The van der Waals surface area contributed by atoms with Crippen LogP contribution in [-0.4, -0.2) is 10.2 Å². The van der Waals surface area contributed by atoms with E-state index < -0.39 is 7.14 Å². The van der Waals surface area contributed by atoms with E-state index in [0.717, 1.165) is 55.1 Å². The third-order valence-corrected chi connectivity index (χ3v) is 9.35.